The number of esters is 3. The molecule has 6 nitrogen and oxygen atoms in total. The zero-order valence-electron chi connectivity index (χ0n) is 42.9. The molecule has 0 rings (SSSR count). The van der Waals surface area contributed by atoms with Gasteiger partial charge in [-0.25, -0.2) is 0 Å². The van der Waals surface area contributed by atoms with Crippen LogP contribution in [0.15, 0.2) is 97.2 Å². The minimum atomic E-state index is -0.802. The molecule has 0 saturated heterocycles. The molecular formula is C60H100O6. The molecule has 0 aliphatic carbocycles. The molecule has 0 aromatic rings. The normalized spacial score (nSPS) is 12.8. The third-order valence-corrected chi connectivity index (χ3v) is 11.3. The second kappa shape index (κ2) is 53.9. The number of carbonyl (C=O) groups is 3. The van der Waals surface area contributed by atoms with Crippen LogP contribution in [-0.2, 0) is 28.6 Å². The van der Waals surface area contributed by atoms with E-state index in [1.165, 1.54) is 96.3 Å². The molecule has 0 fully saturated rings. The molecule has 376 valence electrons. The maximum Gasteiger partial charge on any atom is 0.306 e. The van der Waals surface area contributed by atoms with Gasteiger partial charge in [0, 0.05) is 19.3 Å². The smallest absolute Gasteiger partial charge is 0.306 e. The van der Waals surface area contributed by atoms with E-state index in [-0.39, 0.29) is 37.5 Å². The van der Waals surface area contributed by atoms with Gasteiger partial charge in [-0.1, -0.05) is 234 Å². The Kier molecular flexibility index (Phi) is 50.9. The summed E-state index contributed by atoms with van der Waals surface area (Å²) in [5, 5.41) is 0. The van der Waals surface area contributed by atoms with E-state index < -0.39 is 6.10 Å². The summed E-state index contributed by atoms with van der Waals surface area (Å²) in [5.74, 6) is -0.969. The number of carbonyl (C=O) groups excluding carboxylic acids is 3. The van der Waals surface area contributed by atoms with Crippen LogP contribution in [0.5, 0.6) is 0 Å². The first-order valence-electron chi connectivity index (χ1n) is 27.2. The molecule has 1 unspecified atom stereocenters. The number of hydrogen-bond acceptors (Lipinski definition) is 6. The molecule has 6 heteroatoms. The maximum absolute atomic E-state index is 12.8. The van der Waals surface area contributed by atoms with Crippen molar-refractivity contribution >= 4 is 17.9 Å². The SMILES string of the molecule is CC/C=C\C/C=C\C/C=C\C/C=C\C/C=C\C/C=C\C/C=C\CCCC(=O)OCC(COC(=O)CCCCCCC/C=C\CCCC)OC(=O)CCCCCCCCCCCCCCCC. The lowest BCUT2D eigenvalue weighted by Gasteiger charge is -2.18. The van der Waals surface area contributed by atoms with Gasteiger partial charge in [0.25, 0.3) is 0 Å². The number of ether oxygens (including phenoxy) is 3. The molecule has 66 heavy (non-hydrogen) atoms. The molecule has 0 aromatic carbocycles. The summed E-state index contributed by atoms with van der Waals surface area (Å²) in [7, 11) is 0. The summed E-state index contributed by atoms with van der Waals surface area (Å²) >= 11 is 0. The maximum atomic E-state index is 12.8. The Morgan fingerprint density at radius 3 is 1.05 bits per heavy atom. The average molecular weight is 917 g/mol. The average Bonchev–Trinajstić information content (AvgIpc) is 3.31. The summed E-state index contributed by atoms with van der Waals surface area (Å²) in [6, 6.07) is 0. The third kappa shape index (κ3) is 51.3. The van der Waals surface area contributed by atoms with Crippen LogP contribution in [0.1, 0.15) is 245 Å². The van der Waals surface area contributed by atoms with Crippen LogP contribution in [-0.4, -0.2) is 37.2 Å². The van der Waals surface area contributed by atoms with Gasteiger partial charge in [-0.15, -0.1) is 0 Å². The highest BCUT2D eigenvalue weighted by Gasteiger charge is 2.19. The Labute approximate surface area is 407 Å². The van der Waals surface area contributed by atoms with Gasteiger partial charge in [0.2, 0.25) is 0 Å². The minimum absolute atomic E-state index is 0.0989. The van der Waals surface area contributed by atoms with Crippen molar-refractivity contribution in [1.82, 2.24) is 0 Å². The van der Waals surface area contributed by atoms with Gasteiger partial charge in [-0.05, 0) is 89.9 Å². The van der Waals surface area contributed by atoms with E-state index in [1.54, 1.807) is 0 Å². The molecule has 0 radical (unpaired) electrons. The highest BCUT2D eigenvalue weighted by Crippen LogP contribution is 2.15. The van der Waals surface area contributed by atoms with Crippen LogP contribution < -0.4 is 0 Å². The molecule has 0 spiro atoms. The van der Waals surface area contributed by atoms with E-state index in [0.29, 0.717) is 19.3 Å². The van der Waals surface area contributed by atoms with Crippen molar-refractivity contribution in [2.45, 2.75) is 252 Å². The summed E-state index contributed by atoms with van der Waals surface area (Å²) in [6.45, 7) is 6.43. The lowest BCUT2D eigenvalue weighted by molar-refractivity contribution is -0.167. The Balaban J connectivity index is 4.44. The van der Waals surface area contributed by atoms with Crippen molar-refractivity contribution in [1.29, 1.82) is 0 Å². The number of allylic oxidation sites excluding steroid dienone is 16. The highest BCUT2D eigenvalue weighted by molar-refractivity contribution is 5.71. The zero-order chi connectivity index (χ0) is 47.9. The van der Waals surface area contributed by atoms with Crippen LogP contribution >= 0.6 is 0 Å². The first kappa shape index (κ1) is 62.3. The first-order chi connectivity index (χ1) is 32.5. The third-order valence-electron chi connectivity index (χ3n) is 11.3. The van der Waals surface area contributed by atoms with Crippen LogP contribution in [0.25, 0.3) is 0 Å². The van der Waals surface area contributed by atoms with E-state index in [9.17, 15) is 14.4 Å². The molecule has 0 bridgehead atoms. The van der Waals surface area contributed by atoms with Gasteiger partial charge < -0.3 is 14.2 Å². The van der Waals surface area contributed by atoms with Crippen molar-refractivity contribution in [2.24, 2.45) is 0 Å². The lowest BCUT2D eigenvalue weighted by Crippen LogP contribution is -2.30. The molecule has 0 aromatic heterocycles. The molecule has 0 heterocycles. The van der Waals surface area contributed by atoms with Crippen LogP contribution in [0.2, 0.25) is 0 Å². The van der Waals surface area contributed by atoms with Crippen LogP contribution in [0.4, 0.5) is 0 Å². The molecule has 0 aliphatic heterocycles. The Morgan fingerprint density at radius 1 is 0.318 bits per heavy atom. The summed E-state index contributed by atoms with van der Waals surface area (Å²) < 4.78 is 16.7. The van der Waals surface area contributed by atoms with Crippen LogP contribution in [0, 0.1) is 0 Å². The number of rotatable bonds is 48. The van der Waals surface area contributed by atoms with Gasteiger partial charge >= 0.3 is 17.9 Å². The van der Waals surface area contributed by atoms with E-state index in [1.807, 2.05) is 0 Å². The number of unbranched alkanes of at least 4 members (excludes halogenated alkanes) is 21. The van der Waals surface area contributed by atoms with Crippen molar-refractivity contribution in [3.63, 3.8) is 0 Å². The lowest BCUT2D eigenvalue weighted by atomic mass is 10.0. The molecule has 0 N–H and O–H groups in total. The second-order valence-corrected chi connectivity index (χ2v) is 17.8. The predicted octanol–water partition coefficient (Wildman–Crippen LogP) is 18.1. The van der Waals surface area contributed by atoms with Gasteiger partial charge in [-0.3, -0.25) is 14.4 Å². The second-order valence-electron chi connectivity index (χ2n) is 17.8. The fraction of sp³-hybridized carbons (Fsp3) is 0.683. The number of hydrogen-bond donors (Lipinski definition) is 0. The summed E-state index contributed by atoms with van der Waals surface area (Å²) in [6.07, 6.45) is 71.1. The van der Waals surface area contributed by atoms with Crippen molar-refractivity contribution in [3.8, 4) is 0 Å². The van der Waals surface area contributed by atoms with E-state index in [0.717, 1.165) is 103 Å². The van der Waals surface area contributed by atoms with Gasteiger partial charge in [-0.2, -0.15) is 0 Å². The van der Waals surface area contributed by atoms with Crippen molar-refractivity contribution in [3.05, 3.63) is 97.2 Å². The molecule has 1 atom stereocenters. The van der Waals surface area contributed by atoms with Crippen molar-refractivity contribution in [2.75, 3.05) is 13.2 Å². The minimum Gasteiger partial charge on any atom is -0.462 e. The standard InChI is InChI=1S/C60H100O6/c1-4-7-10-13-16-19-22-24-26-27-28-29-30-31-32-33-34-36-38-41-44-47-50-53-59(62)65-56-57(55-64-58(61)52-49-46-43-40-37-21-18-15-12-9-6-3)66-60(63)54-51-48-45-42-39-35-25-23-20-17-14-11-8-5-2/h7,10,15-16,18-19,24,26,28-29,31-32,34,36,41,44,57H,4-6,8-9,11-14,17,20-23,25,27,30,33,35,37-40,42-43,45-56H2,1-3H3/b10-7-,18-15-,19-16-,26-24-,29-28-,32-31-,36-34-,44-41-. The van der Waals surface area contributed by atoms with Crippen LogP contribution in [0.3, 0.4) is 0 Å². The molecule has 0 aliphatic rings. The molecule has 0 amide bonds. The van der Waals surface area contributed by atoms with E-state index in [4.69, 9.17) is 14.2 Å². The van der Waals surface area contributed by atoms with Gasteiger partial charge in [0.05, 0.1) is 0 Å². The highest BCUT2D eigenvalue weighted by atomic mass is 16.6. The summed E-state index contributed by atoms with van der Waals surface area (Å²) in [4.78, 5) is 38.0. The fourth-order valence-corrected chi connectivity index (χ4v) is 7.24. The fourth-order valence-electron chi connectivity index (χ4n) is 7.24. The van der Waals surface area contributed by atoms with E-state index >= 15 is 0 Å². The first-order valence-corrected chi connectivity index (χ1v) is 27.2. The topological polar surface area (TPSA) is 78.9 Å². The Hall–Kier alpha value is -3.67. The van der Waals surface area contributed by atoms with Gasteiger partial charge in [0.15, 0.2) is 6.10 Å². The van der Waals surface area contributed by atoms with Crippen molar-refractivity contribution < 1.29 is 28.6 Å². The summed E-state index contributed by atoms with van der Waals surface area (Å²) in [5.41, 5.74) is 0. The molecular weight excluding hydrogens is 817 g/mol. The quantitative estimate of drug-likeness (QED) is 0.0262. The Morgan fingerprint density at radius 2 is 0.621 bits per heavy atom. The monoisotopic (exact) mass is 917 g/mol. The zero-order valence-corrected chi connectivity index (χ0v) is 42.9. The Bertz CT molecular complexity index is 1330. The predicted molar refractivity (Wildman–Crippen MR) is 284 cm³/mol. The van der Waals surface area contributed by atoms with Gasteiger partial charge in [0.1, 0.15) is 13.2 Å². The molecule has 0 saturated carbocycles. The largest absolute Gasteiger partial charge is 0.462 e. The van der Waals surface area contributed by atoms with E-state index in [2.05, 4.69) is 118 Å².